The highest BCUT2D eigenvalue weighted by Gasteiger charge is 2.37. The summed E-state index contributed by atoms with van der Waals surface area (Å²) < 4.78 is 0. The van der Waals surface area contributed by atoms with Crippen molar-refractivity contribution in [2.45, 2.75) is 51.4 Å². The van der Waals surface area contributed by atoms with E-state index in [0.717, 1.165) is 38.5 Å². The number of hydrogen-bond donors (Lipinski definition) is 1. The lowest BCUT2D eigenvalue weighted by atomic mass is 9.76. The van der Waals surface area contributed by atoms with Crippen LogP contribution in [0, 0.1) is 5.41 Å². The summed E-state index contributed by atoms with van der Waals surface area (Å²) in [6.07, 6.45) is 7.91. The van der Waals surface area contributed by atoms with Gasteiger partial charge in [-0.2, -0.15) is 0 Å². The molecule has 0 atom stereocenters. The van der Waals surface area contributed by atoms with Crippen molar-refractivity contribution >= 4 is 5.97 Å². The van der Waals surface area contributed by atoms with Crippen molar-refractivity contribution in [2.75, 3.05) is 0 Å². The molecule has 0 bridgehead atoms. The van der Waals surface area contributed by atoms with Crippen LogP contribution in [0.4, 0.5) is 0 Å². The maximum atomic E-state index is 11.7. The number of benzene rings is 1. The summed E-state index contributed by atoms with van der Waals surface area (Å²) in [4.78, 5) is 11.7. The van der Waals surface area contributed by atoms with Crippen LogP contribution in [0.5, 0.6) is 0 Å². The maximum absolute atomic E-state index is 11.7. The first kappa shape index (κ1) is 13.1. The average molecular weight is 246 g/mol. The van der Waals surface area contributed by atoms with E-state index in [4.69, 9.17) is 0 Å². The van der Waals surface area contributed by atoms with Crippen LogP contribution < -0.4 is 0 Å². The number of aliphatic carboxylic acids is 1. The summed E-state index contributed by atoms with van der Waals surface area (Å²) in [6, 6.07) is 10.2. The highest BCUT2D eigenvalue weighted by atomic mass is 16.4. The number of aryl methyl sites for hydroxylation is 1. The van der Waals surface area contributed by atoms with E-state index in [1.165, 1.54) is 18.4 Å². The number of rotatable bonds is 4. The summed E-state index contributed by atoms with van der Waals surface area (Å²) in [5.41, 5.74) is 0.786. The molecular formula is C16H22O2. The van der Waals surface area contributed by atoms with Crippen LogP contribution >= 0.6 is 0 Å². The molecule has 2 nitrogen and oxygen atoms in total. The second kappa shape index (κ2) is 6.03. The van der Waals surface area contributed by atoms with Crippen molar-refractivity contribution in [1.82, 2.24) is 0 Å². The molecule has 1 aromatic carbocycles. The van der Waals surface area contributed by atoms with E-state index in [1.54, 1.807) is 0 Å². The Bertz CT molecular complexity index is 375. The molecule has 0 amide bonds. The predicted octanol–water partition coefficient (Wildman–Crippen LogP) is 4.04. The van der Waals surface area contributed by atoms with Gasteiger partial charge >= 0.3 is 5.97 Å². The topological polar surface area (TPSA) is 37.3 Å². The standard InChI is InChI=1S/C16H22O2/c17-15(18)16(11-6-1-2-7-12-16)13-10-14-8-4-3-5-9-14/h3-5,8-9H,1-2,6-7,10-13H2,(H,17,18). The molecule has 1 fully saturated rings. The van der Waals surface area contributed by atoms with Crippen molar-refractivity contribution in [3.05, 3.63) is 35.9 Å². The molecule has 0 radical (unpaired) electrons. The van der Waals surface area contributed by atoms with Crippen molar-refractivity contribution in [3.8, 4) is 0 Å². The number of carboxylic acid groups (broad SMARTS) is 1. The van der Waals surface area contributed by atoms with E-state index in [0.29, 0.717) is 0 Å². The van der Waals surface area contributed by atoms with Crippen LogP contribution in [0.15, 0.2) is 30.3 Å². The van der Waals surface area contributed by atoms with Crippen molar-refractivity contribution in [1.29, 1.82) is 0 Å². The molecule has 0 spiro atoms. The van der Waals surface area contributed by atoms with Gasteiger partial charge in [0, 0.05) is 0 Å². The van der Waals surface area contributed by atoms with Gasteiger partial charge in [0.1, 0.15) is 0 Å². The van der Waals surface area contributed by atoms with E-state index >= 15 is 0 Å². The molecule has 0 heterocycles. The molecule has 0 unspecified atom stereocenters. The van der Waals surface area contributed by atoms with Crippen LogP contribution in [0.3, 0.4) is 0 Å². The predicted molar refractivity (Wildman–Crippen MR) is 72.5 cm³/mol. The molecule has 0 aromatic heterocycles. The summed E-state index contributed by atoms with van der Waals surface area (Å²) in [5.74, 6) is -0.583. The molecule has 1 aliphatic rings. The van der Waals surface area contributed by atoms with Crippen molar-refractivity contribution < 1.29 is 9.90 Å². The van der Waals surface area contributed by atoms with Gasteiger partial charge in [0.25, 0.3) is 0 Å². The number of carbonyl (C=O) groups is 1. The van der Waals surface area contributed by atoms with Crippen LogP contribution in [-0.4, -0.2) is 11.1 Å². The lowest BCUT2D eigenvalue weighted by Gasteiger charge is -2.28. The van der Waals surface area contributed by atoms with E-state index in [1.807, 2.05) is 18.2 Å². The summed E-state index contributed by atoms with van der Waals surface area (Å²) in [6.45, 7) is 0. The minimum absolute atomic E-state index is 0.466. The smallest absolute Gasteiger partial charge is 0.309 e. The van der Waals surface area contributed by atoms with Crippen LogP contribution in [0.25, 0.3) is 0 Å². The molecule has 18 heavy (non-hydrogen) atoms. The second-order valence-electron chi connectivity index (χ2n) is 5.49. The van der Waals surface area contributed by atoms with Crippen molar-refractivity contribution in [3.63, 3.8) is 0 Å². The van der Waals surface area contributed by atoms with E-state index in [9.17, 15) is 9.90 Å². The lowest BCUT2D eigenvalue weighted by Crippen LogP contribution is -2.31. The van der Waals surface area contributed by atoms with Gasteiger partial charge in [-0.1, -0.05) is 56.0 Å². The SMILES string of the molecule is O=C(O)C1(CCc2ccccc2)CCCCCC1. The van der Waals surface area contributed by atoms with Gasteiger partial charge in [-0.15, -0.1) is 0 Å². The minimum atomic E-state index is -0.583. The first-order valence-corrected chi connectivity index (χ1v) is 7.00. The molecule has 1 saturated carbocycles. The third-order valence-corrected chi connectivity index (χ3v) is 4.25. The zero-order valence-electron chi connectivity index (χ0n) is 10.9. The molecule has 0 saturated heterocycles. The van der Waals surface area contributed by atoms with E-state index in [2.05, 4.69) is 12.1 Å². The third kappa shape index (κ3) is 3.12. The quantitative estimate of drug-likeness (QED) is 0.814. The van der Waals surface area contributed by atoms with Gasteiger partial charge in [-0.3, -0.25) is 4.79 Å². The summed E-state index contributed by atoms with van der Waals surface area (Å²) in [5, 5.41) is 9.59. The second-order valence-corrected chi connectivity index (χ2v) is 5.49. The van der Waals surface area contributed by atoms with Gasteiger partial charge in [0.2, 0.25) is 0 Å². The summed E-state index contributed by atoms with van der Waals surface area (Å²) in [7, 11) is 0. The molecule has 1 N–H and O–H groups in total. The molecule has 1 aliphatic carbocycles. The normalized spacial score (nSPS) is 19.1. The molecular weight excluding hydrogens is 224 g/mol. The Kier molecular flexibility index (Phi) is 4.40. The first-order valence-electron chi connectivity index (χ1n) is 7.00. The van der Waals surface area contributed by atoms with Gasteiger partial charge < -0.3 is 5.11 Å². The average Bonchev–Trinajstić information content (AvgIpc) is 2.64. The Labute approximate surface area is 109 Å². The summed E-state index contributed by atoms with van der Waals surface area (Å²) >= 11 is 0. The lowest BCUT2D eigenvalue weighted by molar-refractivity contribution is -0.150. The maximum Gasteiger partial charge on any atom is 0.309 e. The van der Waals surface area contributed by atoms with Crippen molar-refractivity contribution in [2.24, 2.45) is 5.41 Å². The zero-order chi connectivity index (χ0) is 12.8. The molecule has 2 heteroatoms. The Morgan fingerprint density at radius 1 is 1.06 bits per heavy atom. The van der Waals surface area contributed by atoms with E-state index < -0.39 is 11.4 Å². The largest absolute Gasteiger partial charge is 0.481 e. The zero-order valence-corrected chi connectivity index (χ0v) is 10.9. The van der Waals surface area contributed by atoms with E-state index in [-0.39, 0.29) is 0 Å². The first-order chi connectivity index (χ1) is 8.73. The Morgan fingerprint density at radius 3 is 2.22 bits per heavy atom. The fourth-order valence-corrected chi connectivity index (χ4v) is 3.00. The monoisotopic (exact) mass is 246 g/mol. The molecule has 1 aromatic rings. The van der Waals surface area contributed by atoms with Gasteiger partial charge in [0.05, 0.1) is 5.41 Å². The Morgan fingerprint density at radius 2 is 1.67 bits per heavy atom. The third-order valence-electron chi connectivity index (χ3n) is 4.25. The van der Waals surface area contributed by atoms with Crippen LogP contribution in [-0.2, 0) is 11.2 Å². The van der Waals surface area contributed by atoms with Gasteiger partial charge in [-0.05, 0) is 31.2 Å². The van der Waals surface area contributed by atoms with Crippen LogP contribution in [0.2, 0.25) is 0 Å². The Balaban J connectivity index is 2.04. The fourth-order valence-electron chi connectivity index (χ4n) is 3.00. The highest BCUT2D eigenvalue weighted by Crippen LogP contribution is 2.39. The van der Waals surface area contributed by atoms with Crippen LogP contribution in [0.1, 0.15) is 50.5 Å². The Hall–Kier alpha value is -1.31. The molecule has 98 valence electrons. The van der Waals surface area contributed by atoms with Gasteiger partial charge in [-0.25, -0.2) is 0 Å². The number of hydrogen-bond acceptors (Lipinski definition) is 1. The number of carboxylic acids is 1. The van der Waals surface area contributed by atoms with Gasteiger partial charge in [0.15, 0.2) is 0 Å². The fraction of sp³-hybridized carbons (Fsp3) is 0.562. The minimum Gasteiger partial charge on any atom is -0.481 e. The highest BCUT2D eigenvalue weighted by molar-refractivity contribution is 5.74. The molecule has 0 aliphatic heterocycles. The molecule has 2 rings (SSSR count).